The third-order valence-electron chi connectivity index (χ3n) is 4.22. The van der Waals surface area contributed by atoms with E-state index in [2.05, 4.69) is 46.4 Å². The van der Waals surface area contributed by atoms with Crippen LogP contribution in [0.15, 0.2) is 58.2 Å². The van der Waals surface area contributed by atoms with Crippen LogP contribution in [0.25, 0.3) is 0 Å². The minimum atomic E-state index is -0.313. The number of oxazole rings is 1. The molecule has 0 fully saturated rings. The summed E-state index contributed by atoms with van der Waals surface area (Å²) in [4.78, 5) is 12.7. The molecule has 7 nitrogen and oxygen atoms in total. The van der Waals surface area contributed by atoms with Gasteiger partial charge >= 0.3 is 0 Å². The number of aromatic nitrogens is 2. The number of guanidine groups is 1. The van der Waals surface area contributed by atoms with Gasteiger partial charge in [0.15, 0.2) is 5.96 Å². The van der Waals surface area contributed by atoms with Crippen molar-refractivity contribution in [1.82, 2.24) is 20.6 Å². The Morgan fingerprint density at radius 3 is 2.45 bits per heavy atom. The van der Waals surface area contributed by atoms with Crippen LogP contribution in [0.2, 0.25) is 0 Å². The first-order chi connectivity index (χ1) is 14.3. The Kier molecular flexibility index (Phi) is 8.78. The first-order valence-electron chi connectivity index (χ1n) is 9.61. The number of aliphatic imine (C=N–C) groups is 1. The van der Waals surface area contributed by atoms with Gasteiger partial charge < -0.3 is 19.8 Å². The molecule has 0 amide bonds. The summed E-state index contributed by atoms with van der Waals surface area (Å²) < 4.78 is 24.5. The quantitative estimate of drug-likeness (QED) is 0.267. The first kappa shape index (κ1) is 24.6. The Hall–Kier alpha value is -2.69. The van der Waals surface area contributed by atoms with Crippen molar-refractivity contribution in [2.45, 2.75) is 39.3 Å². The van der Waals surface area contributed by atoms with Crippen molar-refractivity contribution < 1.29 is 13.5 Å². The third-order valence-corrected chi connectivity index (χ3v) is 4.22. The third kappa shape index (κ3) is 7.50. The van der Waals surface area contributed by atoms with Gasteiger partial charge in [0.25, 0.3) is 0 Å². The van der Waals surface area contributed by atoms with E-state index in [0.717, 1.165) is 11.3 Å². The number of hydrogen-bond donors (Lipinski definition) is 2. The van der Waals surface area contributed by atoms with Crippen molar-refractivity contribution in [3.05, 3.63) is 71.8 Å². The van der Waals surface area contributed by atoms with Crippen LogP contribution in [0.1, 0.15) is 38.0 Å². The van der Waals surface area contributed by atoms with Gasteiger partial charge in [-0.3, -0.25) is 4.99 Å². The fraction of sp³-hybridized carbons (Fsp3) is 0.318. The van der Waals surface area contributed by atoms with Crippen LogP contribution in [-0.4, -0.2) is 23.0 Å². The van der Waals surface area contributed by atoms with Gasteiger partial charge in [-0.2, -0.15) is 0 Å². The predicted molar refractivity (Wildman–Crippen MR) is 128 cm³/mol. The van der Waals surface area contributed by atoms with Crippen LogP contribution in [0.5, 0.6) is 11.6 Å². The van der Waals surface area contributed by atoms with E-state index in [0.29, 0.717) is 36.6 Å². The number of pyridine rings is 1. The molecule has 3 aromatic rings. The van der Waals surface area contributed by atoms with E-state index < -0.39 is 0 Å². The number of hydrogen-bond acceptors (Lipinski definition) is 5. The van der Waals surface area contributed by atoms with Crippen molar-refractivity contribution in [2.75, 3.05) is 7.05 Å². The summed E-state index contributed by atoms with van der Waals surface area (Å²) in [6.07, 6.45) is 3.42. The van der Waals surface area contributed by atoms with Crippen molar-refractivity contribution in [2.24, 2.45) is 4.99 Å². The van der Waals surface area contributed by atoms with Crippen molar-refractivity contribution in [3.8, 4) is 11.6 Å². The zero-order chi connectivity index (χ0) is 21.6. The molecule has 31 heavy (non-hydrogen) atoms. The summed E-state index contributed by atoms with van der Waals surface area (Å²) in [6.45, 7) is 7.17. The zero-order valence-electron chi connectivity index (χ0n) is 18.0. The minimum Gasteiger partial charge on any atom is -0.443 e. The molecule has 0 unspecified atom stereocenters. The topological polar surface area (TPSA) is 84.6 Å². The number of nitrogens with one attached hydrogen (secondary N) is 2. The summed E-state index contributed by atoms with van der Waals surface area (Å²) >= 11 is 0. The Bertz CT molecular complexity index is 1000. The number of rotatable bonds is 6. The van der Waals surface area contributed by atoms with Gasteiger partial charge in [-0.25, -0.2) is 14.4 Å². The molecule has 3 rings (SSSR count). The van der Waals surface area contributed by atoms with Gasteiger partial charge in [0.1, 0.15) is 17.3 Å². The van der Waals surface area contributed by atoms with E-state index in [9.17, 15) is 4.39 Å². The normalized spacial score (nSPS) is 11.6. The standard InChI is InChI=1S/C22H26FN5O2.HI/c1-22(2,3)18-13-26-20(30-18)14-28-21(24-4)27-12-15-9-10-25-19(11-15)29-17-7-5-16(23)6-8-17;/h5-11,13H,12,14H2,1-4H3,(H2,24,27,28);1H. The van der Waals surface area contributed by atoms with Crippen molar-refractivity contribution in [3.63, 3.8) is 0 Å². The van der Waals surface area contributed by atoms with E-state index in [1.165, 1.54) is 12.1 Å². The monoisotopic (exact) mass is 539 g/mol. The molecule has 2 N–H and O–H groups in total. The molecule has 0 aliphatic carbocycles. The lowest BCUT2D eigenvalue weighted by molar-refractivity contribution is 0.379. The molecule has 0 radical (unpaired) electrons. The summed E-state index contributed by atoms with van der Waals surface area (Å²) in [5.41, 5.74) is 0.872. The number of ether oxygens (including phenoxy) is 1. The molecule has 0 bridgehead atoms. The predicted octanol–water partition coefficient (Wildman–Crippen LogP) is 4.78. The maximum absolute atomic E-state index is 13.0. The molecule has 0 aliphatic heterocycles. The van der Waals surface area contributed by atoms with Gasteiger partial charge in [0, 0.05) is 31.3 Å². The minimum absolute atomic E-state index is 0. The Balaban J connectivity index is 0.00000341. The zero-order valence-corrected chi connectivity index (χ0v) is 20.3. The second kappa shape index (κ2) is 11.1. The van der Waals surface area contributed by atoms with Crippen LogP contribution in [0.4, 0.5) is 4.39 Å². The highest BCUT2D eigenvalue weighted by molar-refractivity contribution is 14.0. The van der Waals surface area contributed by atoms with Crippen LogP contribution in [0, 0.1) is 5.82 Å². The van der Waals surface area contributed by atoms with Crippen LogP contribution in [0.3, 0.4) is 0 Å². The van der Waals surface area contributed by atoms with Gasteiger partial charge in [-0.15, -0.1) is 24.0 Å². The lowest BCUT2D eigenvalue weighted by Gasteiger charge is -2.13. The van der Waals surface area contributed by atoms with Gasteiger partial charge in [-0.1, -0.05) is 20.8 Å². The molecule has 0 spiro atoms. The van der Waals surface area contributed by atoms with E-state index in [4.69, 9.17) is 9.15 Å². The average molecular weight is 539 g/mol. The molecule has 2 aromatic heterocycles. The lowest BCUT2D eigenvalue weighted by Crippen LogP contribution is -2.36. The fourth-order valence-corrected chi connectivity index (χ4v) is 2.54. The van der Waals surface area contributed by atoms with E-state index >= 15 is 0 Å². The van der Waals surface area contributed by atoms with E-state index in [-0.39, 0.29) is 35.2 Å². The maximum Gasteiger partial charge on any atom is 0.219 e. The molecule has 1 aromatic carbocycles. The Morgan fingerprint density at radius 2 is 1.81 bits per heavy atom. The van der Waals surface area contributed by atoms with Gasteiger partial charge in [-0.05, 0) is 35.9 Å². The highest BCUT2D eigenvalue weighted by atomic mass is 127. The van der Waals surface area contributed by atoms with Crippen molar-refractivity contribution in [1.29, 1.82) is 0 Å². The summed E-state index contributed by atoms with van der Waals surface area (Å²) in [5.74, 6) is 2.69. The van der Waals surface area contributed by atoms with Crippen molar-refractivity contribution >= 4 is 29.9 Å². The highest BCUT2D eigenvalue weighted by Gasteiger charge is 2.19. The molecule has 2 heterocycles. The summed E-state index contributed by atoms with van der Waals surface area (Å²) in [6, 6.07) is 9.49. The number of nitrogens with zero attached hydrogens (tertiary/aromatic N) is 3. The number of halogens is 2. The second-order valence-electron chi connectivity index (χ2n) is 7.71. The van der Waals surface area contributed by atoms with Crippen LogP contribution in [-0.2, 0) is 18.5 Å². The highest BCUT2D eigenvalue weighted by Crippen LogP contribution is 2.22. The molecule has 0 atom stereocenters. The smallest absolute Gasteiger partial charge is 0.219 e. The molecular weight excluding hydrogens is 512 g/mol. The molecule has 9 heteroatoms. The van der Waals surface area contributed by atoms with Gasteiger partial charge in [0.2, 0.25) is 11.8 Å². The maximum atomic E-state index is 13.0. The molecule has 0 saturated carbocycles. The lowest BCUT2D eigenvalue weighted by atomic mass is 9.94. The average Bonchev–Trinajstić information content (AvgIpc) is 3.20. The fourth-order valence-electron chi connectivity index (χ4n) is 2.54. The van der Waals surface area contributed by atoms with E-state index in [1.54, 1.807) is 31.6 Å². The van der Waals surface area contributed by atoms with Crippen LogP contribution < -0.4 is 15.4 Å². The molecular formula is C22H27FIN5O2. The number of benzene rings is 1. The van der Waals surface area contributed by atoms with Gasteiger partial charge in [0.05, 0.1) is 12.7 Å². The first-order valence-corrected chi connectivity index (χ1v) is 9.61. The Labute approximate surface area is 198 Å². The molecule has 0 aliphatic rings. The Morgan fingerprint density at radius 1 is 1.10 bits per heavy atom. The molecule has 0 saturated heterocycles. The van der Waals surface area contributed by atoms with Crippen LogP contribution >= 0.6 is 24.0 Å². The summed E-state index contributed by atoms with van der Waals surface area (Å²) in [5, 5.41) is 6.41. The van der Waals surface area contributed by atoms with E-state index in [1.807, 2.05) is 12.1 Å². The SMILES string of the molecule is CN=C(NCc1ccnc(Oc2ccc(F)cc2)c1)NCc1ncc(C(C)(C)C)o1.I. The second-order valence-corrected chi connectivity index (χ2v) is 7.71. The largest absolute Gasteiger partial charge is 0.443 e. The molecule has 166 valence electrons. The summed E-state index contributed by atoms with van der Waals surface area (Å²) in [7, 11) is 1.70.